The first-order valence-corrected chi connectivity index (χ1v) is 6.56. The Bertz CT molecular complexity index is 576. The Morgan fingerprint density at radius 1 is 1.10 bits per heavy atom. The molecule has 0 aliphatic carbocycles. The Hall–Kier alpha value is -2.29. The van der Waals surface area contributed by atoms with Crippen molar-refractivity contribution in [2.75, 3.05) is 13.7 Å². The molecule has 0 bridgehead atoms. The van der Waals surface area contributed by atoms with E-state index in [1.54, 1.807) is 7.11 Å². The summed E-state index contributed by atoms with van der Waals surface area (Å²) in [6, 6.07) is 15.1. The van der Waals surface area contributed by atoms with Gasteiger partial charge >= 0.3 is 0 Å². The lowest BCUT2D eigenvalue weighted by Crippen LogP contribution is -2.08. The van der Waals surface area contributed by atoms with Gasteiger partial charge in [-0.2, -0.15) is 0 Å². The van der Waals surface area contributed by atoms with Crippen LogP contribution in [-0.4, -0.2) is 19.5 Å². The van der Waals surface area contributed by atoms with Crippen LogP contribution in [0.1, 0.15) is 22.3 Å². The highest BCUT2D eigenvalue weighted by Crippen LogP contribution is 2.21. The molecule has 2 aromatic carbocycles. The van der Waals surface area contributed by atoms with E-state index in [0.717, 1.165) is 11.3 Å². The second kappa shape index (κ2) is 6.75. The normalized spacial score (nSPS) is 10.1. The molecule has 0 aliphatic rings. The lowest BCUT2D eigenvalue weighted by atomic mass is 10.0. The summed E-state index contributed by atoms with van der Waals surface area (Å²) in [5.74, 6) is 1.42. The minimum Gasteiger partial charge on any atom is -0.496 e. The molecular weight excluding hydrogens is 252 g/mol. The molecule has 0 saturated heterocycles. The van der Waals surface area contributed by atoms with Crippen LogP contribution in [0.25, 0.3) is 0 Å². The molecule has 0 radical (unpaired) electrons. The summed E-state index contributed by atoms with van der Waals surface area (Å²) in [6.45, 7) is 2.32. The minimum atomic E-state index is 0.0291. The number of Topliss-reactive ketones (excluding diaryl/α,β-unsaturated/α-hetero) is 1. The van der Waals surface area contributed by atoms with E-state index in [1.807, 2.05) is 55.5 Å². The number of rotatable bonds is 6. The van der Waals surface area contributed by atoms with E-state index in [0.29, 0.717) is 24.3 Å². The van der Waals surface area contributed by atoms with Crippen molar-refractivity contribution in [1.82, 2.24) is 0 Å². The van der Waals surface area contributed by atoms with E-state index in [9.17, 15) is 4.79 Å². The molecule has 2 aromatic rings. The molecule has 0 aromatic heterocycles. The van der Waals surface area contributed by atoms with E-state index in [2.05, 4.69) is 0 Å². The fraction of sp³-hybridized carbons (Fsp3) is 0.235. The van der Waals surface area contributed by atoms with Crippen LogP contribution in [0.2, 0.25) is 0 Å². The quantitative estimate of drug-likeness (QED) is 0.751. The highest BCUT2D eigenvalue weighted by Gasteiger charge is 2.12. The number of ketones is 1. The van der Waals surface area contributed by atoms with Crippen molar-refractivity contribution in [2.24, 2.45) is 0 Å². The van der Waals surface area contributed by atoms with E-state index in [-0.39, 0.29) is 5.78 Å². The van der Waals surface area contributed by atoms with E-state index in [4.69, 9.17) is 9.47 Å². The molecule has 3 nitrogen and oxygen atoms in total. The van der Waals surface area contributed by atoms with Gasteiger partial charge in [0.05, 0.1) is 19.3 Å². The van der Waals surface area contributed by atoms with Gasteiger partial charge in [-0.05, 0) is 31.2 Å². The van der Waals surface area contributed by atoms with Gasteiger partial charge in [-0.15, -0.1) is 0 Å². The molecule has 104 valence electrons. The van der Waals surface area contributed by atoms with Crippen molar-refractivity contribution in [3.8, 4) is 11.5 Å². The first-order chi connectivity index (χ1) is 9.70. The van der Waals surface area contributed by atoms with Crippen LogP contribution in [0.4, 0.5) is 0 Å². The molecule has 3 heteroatoms. The zero-order valence-corrected chi connectivity index (χ0v) is 11.8. The Kier molecular flexibility index (Phi) is 4.77. The maximum Gasteiger partial charge on any atom is 0.170 e. The van der Waals surface area contributed by atoms with Crippen molar-refractivity contribution in [3.05, 3.63) is 59.7 Å². The maximum atomic E-state index is 12.2. The Morgan fingerprint density at radius 2 is 1.85 bits per heavy atom. The summed E-state index contributed by atoms with van der Waals surface area (Å²) in [5.41, 5.74) is 1.65. The number of carbonyl (C=O) groups is 1. The molecule has 0 saturated carbocycles. The number of methoxy groups -OCH3 is 1. The van der Waals surface area contributed by atoms with Gasteiger partial charge in [0.15, 0.2) is 5.78 Å². The number of benzene rings is 2. The predicted octanol–water partition coefficient (Wildman–Crippen LogP) is 3.66. The number of hydrogen-bond acceptors (Lipinski definition) is 3. The SMILES string of the molecule is COc1ccc(C)cc1C(=O)CCOc1ccccc1. The topological polar surface area (TPSA) is 35.5 Å². The van der Waals surface area contributed by atoms with Crippen LogP contribution in [0.3, 0.4) is 0 Å². The van der Waals surface area contributed by atoms with Gasteiger partial charge < -0.3 is 9.47 Å². The largest absolute Gasteiger partial charge is 0.496 e. The molecule has 0 heterocycles. The van der Waals surface area contributed by atoms with Gasteiger partial charge in [0.25, 0.3) is 0 Å². The van der Waals surface area contributed by atoms with Crippen LogP contribution in [-0.2, 0) is 0 Å². The third-order valence-electron chi connectivity index (χ3n) is 3.00. The van der Waals surface area contributed by atoms with Crippen LogP contribution in [0, 0.1) is 6.92 Å². The number of carbonyl (C=O) groups excluding carboxylic acids is 1. The Balaban J connectivity index is 1.97. The van der Waals surface area contributed by atoms with Crippen molar-refractivity contribution < 1.29 is 14.3 Å². The van der Waals surface area contributed by atoms with Gasteiger partial charge in [-0.3, -0.25) is 4.79 Å². The van der Waals surface area contributed by atoms with Crippen molar-refractivity contribution in [1.29, 1.82) is 0 Å². The molecule has 0 N–H and O–H groups in total. The third kappa shape index (κ3) is 3.60. The van der Waals surface area contributed by atoms with Crippen molar-refractivity contribution >= 4 is 5.78 Å². The fourth-order valence-electron chi connectivity index (χ4n) is 1.95. The maximum absolute atomic E-state index is 12.2. The lowest BCUT2D eigenvalue weighted by molar-refractivity contribution is 0.0959. The van der Waals surface area contributed by atoms with Crippen LogP contribution in [0.15, 0.2) is 48.5 Å². The Labute approximate surface area is 119 Å². The number of ether oxygens (including phenoxy) is 2. The van der Waals surface area contributed by atoms with Gasteiger partial charge in [-0.1, -0.05) is 29.8 Å². The number of para-hydroxylation sites is 1. The van der Waals surface area contributed by atoms with Crippen LogP contribution >= 0.6 is 0 Å². The standard InChI is InChI=1S/C17H18O3/c1-13-8-9-17(19-2)15(12-13)16(18)10-11-20-14-6-4-3-5-7-14/h3-9,12H,10-11H2,1-2H3. The molecule has 0 amide bonds. The summed E-state index contributed by atoms with van der Waals surface area (Å²) in [5, 5.41) is 0. The molecule has 0 unspecified atom stereocenters. The van der Waals surface area contributed by atoms with Crippen molar-refractivity contribution in [2.45, 2.75) is 13.3 Å². The smallest absolute Gasteiger partial charge is 0.170 e. The van der Waals surface area contributed by atoms with Gasteiger partial charge in [0.2, 0.25) is 0 Å². The van der Waals surface area contributed by atoms with E-state index < -0.39 is 0 Å². The molecule has 0 spiro atoms. The second-order valence-electron chi connectivity index (χ2n) is 4.54. The third-order valence-corrected chi connectivity index (χ3v) is 3.00. The second-order valence-corrected chi connectivity index (χ2v) is 4.54. The van der Waals surface area contributed by atoms with Crippen molar-refractivity contribution in [3.63, 3.8) is 0 Å². The highest BCUT2D eigenvalue weighted by molar-refractivity contribution is 5.98. The zero-order chi connectivity index (χ0) is 14.4. The van der Waals surface area contributed by atoms with Gasteiger partial charge in [-0.25, -0.2) is 0 Å². The predicted molar refractivity (Wildman–Crippen MR) is 78.6 cm³/mol. The monoisotopic (exact) mass is 270 g/mol. The fourth-order valence-corrected chi connectivity index (χ4v) is 1.95. The van der Waals surface area contributed by atoms with Gasteiger partial charge in [0, 0.05) is 6.42 Å². The molecule has 0 fully saturated rings. The summed E-state index contributed by atoms with van der Waals surface area (Å²) < 4.78 is 10.8. The average Bonchev–Trinajstić information content (AvgIpc) is 2.48. The highest BCUT2D eigenvalue weighted by atomic mass is 16.5. The molecule has 0 atom stereocenters. The van der Waals surface area contributed by atoms with E-state index >= 15 is 0 Å². The number of hydrogen-bond donors (Lipinski definition) is 0. The van der Waals surface area contributed by atoms with Crippen LogP contribution in [0.5, 0.6) is 11.5 Å². The molecule has 0 aliphatic heterocycles. The first-order valence-electron chi connectivity index (χ1n) is 6.56. The van der Waals surface area contributed by atoms with Crippen LogP contribution < -0.4 is 9.47 Å². The molecule has 20 heavy (non-hydrogen) atoms. The number of aryl methyl sites for hydroxylation is 1. The average molecular weight is 270 g/mol. The van der Waals surface area contributed by atoms with Gasteiger partial charge in [0.1, 0.15) is 11.5 Å². The summed E-state index contributed by atoms with van der Waals surface area (Å²) in [4.78, 5) is 12.2. The summed E-state index contributed by atoms with van der Waals surface area (Å²) >= 11 is 0. The molecular formula is C17H18O3. The Morgan fingerprint density at radius 3 is 2.55 bits per heavy atom. The minimum absolute atomic E-state index is 0.0291. The summed E-state index contributed by atoms with van der Waals surface area (Å²) in [6.07, 6.45) is 0.328. The zero-order valence-electron chi connectivity index (χ0n) is 11.8. The summed E-state index contributed by atoms with van der Waals surface area (Å²) in [7, 11) is 1.57. The molecule has 2 rings (SSSR count). The lowest BCUT2D eigenvalue weighted by Gasteiger charge is -2.09. The first kappa shape index (κ1) is 14.1. The van der Waals surface area contributed by atoms with E-state index in [1.165, 1.54) is 0 Å².